The van der Waals surface area contributed by atoms with Crippen molar-refractivity contribution in [3.8, 4) is 0 Å². The largest absolute Gasteiger partial charge is 0.321 e. The van der Waals surface area contributed by atoms with Crippen LogP contribution in [0, 0.1) is 13.8 Å². The summed E-state index contributed by atoms with van der Waals surface area (Å²) in [5.74, 6) is -0.312. The van der Waals surface area contributed by atoms with Gasteiger partial charge in [-0.2, -0.15) is 0 Å². The van der Waals surface area contributed by atoms with E-state index in [1.807, 2.05) is 13.8 Å². The van der Waals surface area contributed by atoms with Gasteiger partial charge in [-0.15, -0.1) is 0 Å². The van der Waals surface area contributed by atoms with Crippen molar-refractivity contribution in [3.63, 3.8) is 0 Å². The highest BCUT2D eigenvalue weighted by Gasteiger charge is 2.10. The number of nitrogens with zero attached hydrogens (tertiary/aromatic N) is 2. The number of carbonyl (C=O) groups excluding carboxylic acids is 1. The van der Waals surface area contributed by atoms with Gasteiger partial charge in [-0.25, -0.2) is 9.97 Å². The molecule has 18 heavy (non-hydrogen) atoms. The fraction of sp³-hybridized carbons (Fsp3) is 0.154. The lowest BCUT2D eigenvalue weighted by atomic mass is 10.2. The second-order valence-corrected chi connectivity index (χ2v) is 4.26. The molecule has 0 aliphatic carbocycles. The number of halogens is 1. The average Bonchev–Trinajstić information content (AvgIpc) is 2.35. The topological polar surface area (TPSA) is 54.9 Å². The first-order chi connectivity index (χ1) is 8.52. The molecule has 0 fully saturated rings. The first kappa shape index (κ1) is 12.5. The van der Waals surface area contributed by atoms with Crippen LogP contribution in [0.25, 0.3) is 11.0 Å². The molecule has 0 bridgehead atoms. The summed E-state index contributed by atoms with van der Waals surface area (Å²) in [6.07, 6.45) is 1.19. The molecule has 0 radical (unpaired) electrons. The van der Waals surface area contributed by atoms with Crippen LogP contribution in [0.2, 0.25) is 5.02 Å². The fourth-order valence-corrected chi connectivity index (χ4v) is 1.79. The van der Waals surface area contributed by atoms with E-state index in [1.165, 1.54) is 6.08 Å². The lowest BCUT2D eigenvalue weighted by Gasteiger charge is -2.08. The van der Waals surface area contributed by atoms with Crippen molar-refractivity contribution in [1.82, 2.24) is 9.97 Å². The lowest BCUT2D eigenvalue weighted by Crippen LogP contribution is -2.08. The molecule has 2 aromatic rings. The van der Waals surface area contributed by atoms with Crippen LogP contribution >= 0.6 is 11.6 Å². The molecule has 92 valence electrons. The summed E-state index contributed by atoms with van der Waals surface area (Å²) < 4.78 is 0. The molecule has 0 saturated heterocycles. The smallest absolute Gasteiger partial charge is 0.247 e. The maximum atomic E-state index is 11.3. The zero-order valence-electron chi connectivity index (χ0n) is 10.1. The predicted molar refractivity (Wildman–Crippen MR) is 72.8 cm³/mol. The third-order valence-electron chi connectivity index (χ3n) is 2.63. The van der Waals surface area contributed by atoms with Crippen LogP contribution in [0.15, 0.2) is 24.8 Å². The quantitative estimate of drug-likeness (QED) is 0.846. The molecule has 1 N–H and O–H groups in total. The third-order valence-corrected chi connectivity index (χ3v) is 3.01. The van der Waals surface area contributed by atoms with Gasteiger partial charge < -0.3 is 5.32 Å². The highest BCUT2D eigenvalue weighted by molar-refractivity contribution is 6.38. The molecule has 0 saturated carbocycles. The van der Waals surface area contributed by atoms with E-state index >= 15 is 0 Å². The number of carbonyl (C=O) groups is 1. The Kier molecular flexibility index (Phi) is 3.30. The van der Waals surface area contributed by atoms with E-state index in [1.54, 1.807) is 12.1 Å². The monoisotopic (exact) mass is 261 g/mol. The minimum Gasteiger partial charge on any atom is -0.321 e. The number of anilines is 1. The van der Waals surface area contributed by atoms with Gasteiger partial charge in [0.15, 0.2) is 0 Å². The lowest BCUT2D eigenvalue weighted by molar-refractivity contribution is -0.111. The van der Waals surface area contributed by atoms with Crippen LogP contribution in [0.1, 0.15) is 11.4 Å². The van der Waals surface area contributed by atoms with Crippen molar-refractivity contribution in [2.75, 3.05) is 5.32 Å². The maximum Gasteiger partial charge on any atom is 0.247 e. The zero-order chi connectivity index (χ0) is 13.3. The number of benzene rings is 1. The second-order valence-electron chi connectivity index (χ2n) is 3.88. The second kappa shape index (κ2) is 4.74. The van der Waals surface area contributed by atoms with Gasteiger partial charge in [0.1, 0.15) is 5.52 Å². The number of fused-ring (bicyclic) bond motifs is 1. The van der Waals surface area contributed by atoms with Gasteiger partial charge in [0.05, 0.1) is 27.6 Å². The van der Waals surface area contributed by atoms with Crippen LogP contribution in [-0.2, 0) is 4.79 Å². The molecule has 0 aliphatic rings. The van der Waals surface area contributed by atoms with Gasteiger partial charge in [-0.1, -0.05) is 18.2 Å². The maximum absolute atomic E-state index is 11.3. The number of amides is 1. The summed E-state index contributed by atoms with van der Waals surface area (Å²) in [5.41, 5.74) is 3.48. The predicted octanol–water partition coefficient (Wildman–Crippen LogP) is 3.02. The van der Waals surface area contributed by atoms with E-state index < -0.39 is 0 Å². The van der Waals surface area contributed by atoms with Crippen molar-refractivity contribution in [1.29, 1.82) is 0 Å². The Balaban J connectivity index is 2.59. The molecule has 4 nitrogen and oxygen atoms in total. The fourth-order valence-electron chi connectivity index (χ4n) is 1.54. The molecule has 1 heterocycles. The summed E-state index contributed by atoms with van der Waals surface area (Å²) in [6.45, 7) is 7.15. The highest BCUT2D eigenvalue weighted by atomic mass is 35.5. The highest BCUT2D eigenvalue weighted by Crippen LogP contribution is 2.29. The molecule has 0 unspecified atom stereocenters. The van der Waals surface area contributed by atoms with E-state index in [0.29, 0.717) is 21.7 Å². The van der Waals surface area contributed by atoms with Crippen LogP contribution in [0.5, 0.6) is 0 Å². The van der Waals surface area contributed by atoms with Crippen molar-refractivity contribution >= 4 is 34.2 Å². The molecule has 1 aromatic heterocycles. The Morgan fingerprint density at radius 3 is 2.67 bits per heavy atom. The Hall–Kier alpha value is -1.94. The number of rotatable bonds is 2. The standard InChI is InChI=1S/C13H12ClN3O/c1-4-11(18)17-9-5-6-10-13(12(9)14)16-8(3)7(2)15-10/h4-6H,1H2,2-3H3,(H,17,18). The van der Waals surface area contributed by atoms with E-state index in [-0.39, 0.29) is 5.91 Å². The van der Waals surface area contributed by atoms with E-state index in [0.717, 1.165) is 11.4 Å². The number of hydrogen-bond donors (Lipinski definition) is 1. The minimum absolute atomic E-state index is 0.312. The molecule has 2 rings (SSSR count). The first-order valence-corrected chi connectivity index (χ1v) is 5.77. The molecule has 1 amide bonds. The zero-order valence-corrected chi connectivity index (χ0v) is 10.9. The van der Waals surface area contributed by atoms with E-state index in [2.05, 4.69) is 21.9 Å². The molecule has 5 heteroatoms. The van der Waals surface area contributed by atoms with Gasteiger partial charge in [-0.05, 0) is 32.1 Å². The van der Waals surface area contributed by atoms with Crippen molar-refractivity contribution in [2.24, 2.45) is 0 Å². The molecule has 0 spiro atoms. The van der Waals surface area contributed by atoms with Gasteiger partial charge in [0, 0.05) is 0 Å². The molecule has 1 aromatic carbocycles. The Morgan fingerprint density at radius 1 is 1.33 bits per heavy atom. The SMILES string of the molecule is C=CC(=O)Nc1ccc2nc(C)c(C)nc2c1Cl. The van der Waals surface area contributed by atoms with E-state index in [4.69, 9.17) is 11.6 Å². The molecular weight excluding hydrogens is 250 g/mol. The molecule has 0 aliphatic heterocycles. The van der Waals surface area contributed by atoms with Crippen molar-refractivity contribution < 1.29 is 4.79 Å². The molecular formula is C13H12ClN3O. The number of aryl methyl sites for hydroxylation is 2. The van der Waals surface area contributed by atoms with Crippen molar-refractivity contribution in [2.45, 2.75) is 13.8 Å². The van der Waals surface area contributed by atoms with Crippen LogP contribution in [0.3, 0.4) is 0 Å². The third kappa shape index (κ3) is 2.19. The Bertz CT molecular complexity index is 652. The minimum atomic E-state index is -0.312. The average molecular weight is 262 g/mol. The first-order valence-electron chi connectivity index (χ1n) is 5.40. The van der Waals surface area contributed by atoms with Gasteiger partial charge in [0.2, 0.25) is 5.91 Å². The Morgan fingerprint density at radius 2 is 2.00 bits per heavy atom. The normalized spacial score (nSPS) is 10.4. The van der Waals surface area contributed by atoms with Crippen molar-refractivity contribution in [3.05, 3.63) is 41.2 Å². The number of nitrogens with one attached hydrogen (secondary N) is 1. The van der Waals surface area contributed by atoms with Crippen LogP contribution < -0.4 is 5.32 Å². The summed E-state index contributed by atoms with van der Waals surface area (Å²) in [4.78, 5) is 20.1. The summed E-state index contributed by atoms with van der Waals surface area (Å²) in [5, 5.41) is 3.02. The summed E-state index contributed by atoms with van der Waals surface area (Å²) in [6, 6.07) is 3.48. The summed E-state index contributed by atoms with van der Waals surface area (Å²) in [7, 11) is 0. The number of aromatic nitrogens is 2. The van der Waals surface area contributed by atoms with Gasteiger partial charge in [0.25, 0.3) is 0 Å². The van der Waals surface area contributed by atoms with Crippen LogP contribution in [-0.4, -0.2) is 15.9 Å². The molecule has 0 atom stereocenters. The van der Waals surface area contributed by atoms with E-state index in [9.17, 15) is 4.79 Å². The van der Waals surface area contributed by atoms with Gasteiger partial charge in [-0.3, -0.25) is 4.79 Å². The number of hydrogen-bond acceptors (Lipinski definition) is 3. The summed E-state index contributed by atoms with van der Waals surface area (Å²) >= 11 is 6.22. The van der Waals surface area contributed by atoms with Crippen LogP contribution in [0.4, 0.5) is 5.69 Å². The Labute approximate surface area is 110 Å². The van der Waals surface area contributed by atoms with Gasteiger partial charge >= 0.3 is 0 Å².